The third-order valence-electron chi connectivity index (χ3n) is 5.15. The van der Waals surface area contributed by atoms with Gasteiger partial charge in [-0.1, -0.05) is 27.7 Å². The number of carbonyl (C=O) groups is 2. The number of likely N-dealkylation sites (tertiary alicyclic amines) is 1. The fourth-order valence-electron chi connectivity index (χ4n) is 3.54. The Labute approximate surface area is 115 Å². The lowest BCUT2D eigenvalue weighted by Crippen LogP contribution is -2.41. The third-order valence-corrected chi connectivity index (χ3v) is 5.15. The molecule has 1 amide bonds. The number of amides is 1. The molecule has 0 aromatic carbocycles. The highest BCUT2D eigenvalue weighted by atomic mass is 16.4. The molecule has 0 spiro atoms. The van der Waals surface area contributed by atoms with E-state index >= 15 is 0 Å². The maximum atomic E-state index is 12.4. The van der Waals surface area contributed by atoms with E-state index in [2.05, 4.69) is 13.8 Å². The maximum Gasteiger partial charge on any atom is 0.307 e. The van der Waals surface area contributed by atoms with Gasteiger partial charge in [-0.15, -0.1) is 0 Å². The smallest absolute Gasteiger partial charge is 0.307 e. The fourth-order valence-corrected chi connectivity index (χ4v) is 3.54. The van der Waals surface area contributed by atoms with Crippen molar-refractivity contribution in [2.45, 2.75) is 40.5 Å². The van der Waals surface area contributed by atoms with Crippen molar-refractivity contribution in [2.75, 3.05) is 13.1 Å². The Kier molecular flexibility index (Phi) is 3.63. The number of rotatable bonds is 3. The molecule has 0 radical (unpaired) electrons. The van der Waals surface area contributed by atoms with Crippen molar-refractivity contribution >= 4 is 11.9 Å². The first-order valence-electron chi connectivity index (χ1n) is 7.28. The van der Waals surface area contributed by atoms with E-state index in [0.29, 0.717) is 11.8 Å². The minimum atomic E-state index is -0.833. The highest BCUT2D eigenvalue weighted by molar-refractivity contribution is 5.91. The molecule has 2 unspecified atom stereocenters. The maximum absolute atomic E-state index is 12.4. The molecule has 1 saturated carbocycles. The molecule has 1 heterocycles. The van der Waals surface area contributed by atoms with Crippen molar-refractivity contribution in [3.63, 3.8) is 0 Å². The first kappa shape index (κ1) is 14.4. The largest absolute Gasteiger partial charge is 0.481 e. The molecule has 1 aliphatic heterocycles. The lowest BCUT2D eigenvalue weighted by atomic mass is 9.86. The molecular formula is C15H25NO3. The van der Waals surface area contributed by atoms with E-state index in [-0.39, 0.29) is 17.2 Å². The lowest BCUT2D eigenvalue weighted by Gasteiger charge is -2.34. The summed E-state index contributed by atoms with van der Waals surface area (Å²) in [5, 5.41) is 9.15. The summed E-state index contributed by atoms with van der Waals surface area (Å²) in [6, 6.07) is 0. The van der Waals surface area contributed by atoms with Gasteiger partial charge in [0.05, 0.1) is 11.8 Å². The Hall–Kier alpha value is -1.06. The van der Waals surface area contributed by atoms with E-state index in [4.69, 9.17) is 5.11 Å². The molecule has 2 aliphatic rings. The Balaban J connectivity index is 1.94. The van der Waals surface area contributed by atoms with Crippen molar-refractivity contribution in [1.29, 1.82) is 0 Å². The molecule has 108 valence electrons. The van der Waals surface area contributed by atoms with E-state index in [0.717, 1.165) is 25.9 Å². The number of piperidine rings is 1. The molecular weight excluding hydrogens is 242 g/mol. The van der Waals surface area contributed by atoms with Crippen LogP contribution in [0.15, 0.2) is 0 Å². The van der Waals surface area contributed by atoms with Crippen LogP contribution in [-0.4, -0.2) is 35.0 Å². The second kappa shape index (κ2) is 4.80. The van der Waals surface area contributed by atoms with Crippen LogP contribution in [0.3, 0.4) is 0 Å². The van der Waals surface area contributed by atoms with E-state index in [1.807, 2.05) is 18.7 Å². The predicted molar refractivity (Wildman–Crippen MR) is 72.5 cm³/mol. The van der Waals surface area contributed by atoms with Crippen LogP contribution in [-0.2, 0) is 9.59 Å². The van der Waals surface area contributed by atoms with Gasteiger partial charge in [0, 0.05) is 13.1 Å². The summed E-state index contributed by atoms with van der Waals surface area (Å²) in [6.07, 6.45) is 2.10. The van der Waals surface area contributed by atoms with Crippen LogP contribution in [0.1, 0.15) is 40.5 Å². The summed E-state index contributed by atoms with van der Waals surface area (Å²) < 4.78 is 0. The quantitative estimate of drug-likeness (QED) is 0.853. The first-order valence-corrected chi connectivity index (χ1v) is 7.28. The Bertz CT molecular complexity index is 381. The van der Waals surface area contributed by atoms with Gasteiger partial charge in [-0.05, 0) is 30.1 Å². The summed E-state index contributed by atoms with van der Waals surface area (Å²) in [6.45, 7) is 9.81. The minimum absolute atomic E-state index is 0.0552. The monoisotopic (exact) mass is 267 g/mol. The van der Waals surface area contributed by atoms with Gasteiger partial charge in [-0.25, -0.2) is 0 Å². The van der Waals surface area contributed by atoms with Gasteiger partial charge in [0.1, 0.15) is 0 Å². The minimum Gasteiger partial charge on any atom is -0.481 e. The van der Waals surface area contributed by atoms with Gasteiger partial charge >= 0.3 is 5.97 Å². The van der Waals surface area contributed by atoms with Crippen LogP contribution < -0.4 is 0 Å². The number of hydrogen-bond donors (Lipinski definition) is 1. The van der Waals surface area contributed by atoms with Crippen molar-refractivity contribution < 1.29 is 14.7 Å². The number of carboxylic acid groups (broad SMARTS) is 1. The number of hydrogen-bond acceptors (Lipinski definition) is 2. The molecule has 19 heavy (non-hydrogen) atoms. The lowest BCUT2D eigenvalue weighted by molar-refractivity contribution is -0.142. The average molecular weight is 267 g/mol. The van der Waals surface area contributed by atoms with Crippen molar-refractivity contribution in [3.8, 4) is 0 Å². The Morgan fingerprint density at radius 2 is 1.68 bits per heavy atom. The summed E-state index contributed by atoms with van der Waals surface area (Å²) in [7, 11) is 0. The van der Waals surface area contributed by atoms with Gasteiger partial charge in [0.2, 0.25) is 5.91 Å². The second-order valence-electron chi connectivity index (χ2n) is 7.02. The Morgan fingerprint density at radius 3 is 2.05 bits per heavy atom. The van der Waals surface area contributed by atoms with Gasteiger partial charge in [0.25, 0.3) is 0 Å². The molecule has 2 rings (SSSR count). The molecule has 4 nitrogen and oxygen atoms in total. The van der Waals surface area contributed by atoms with Crippen LogP contribution in [0, 0.1) is 29.1 Å². The van der Waals surface area contributed by atoms with Gasteiger partial charge in [-0.3, -0.25) is 9.59 Å². The second-order valence-corrected chi connectivity index (χ2v) is 7.02. The van der Waals surface area contributed by atoms with Crippen molar-refractivity contribution in [3.05, 3.63) is 0 Å². The van der Waals surface area contributed by atoms with E-state index < -0.39 is 11.9 Å². The fraction of sp³-hybridized carbons (Fsp3) is 0.867. The number of nitrogens with zero attached hydrogens (tertiary/aromatic N) is 1. The predicted octanol–water partition coefficient (Wildman–Crippen LogP) is 2.24. The zero-order valence-electron chi connectivity index (χ0n) is 12.3. The van der Waals surface area contributed by atoms with Crippen LogP contribution >= 0.6 is 0 Å². The zero-order chi connectivity index (χ0) is 14.4. The van der Waals surface area contributed by atoms with Crippen LogP contribution in [0.2, 0.25) is 0 Å². The summed E-state index contributed by atoms with van der Waals surface area (Å²) >= 11 is 0. The normalized spacial score (nSPS) is 30.5. The number of aliphatic carboxylic acids is 1. The van der Waals surface area contributed by atoms with Crippen LogP contribution in [0.4, 0.5) is 0 Å². The molecule has 2 atom stereocenters. The molecule has 1 saturated heterocycles. The van der Waals surface area contributed by atoms with Gasteiger partial charge < -0.3 is 10.0 Å². The first-order chi connectivity index (χ1) is 8.76. The van der Waals surface area contributed by atoms with Crippen molar-refractivity contribution in [1.82, 2.24) is 4.90 Å². The summed E-state index contributed by atoms with van der Waals surface area (Å²) in [4.78, 5) is 25.5. The van der Waals surface area contributed by atoms with Crippen LogP contribution in [0.5, 0.6) is 0 Å². The molecule has 1 N–H and O–H groups in total. The summed E-state index contributed by atoms with van der Waals surface area (Å²) in [5.74, 6) is -0.226. The third kappa shape index (κ3) is 2.49. The number of carbonyl (C=O) groups excluding carboxylic acids is 1. The zero-order valence-corrected chi connectivity index (χ0v) is 12.3. The van der Waals surface area contributed by atoms with Gasteiger partial charge in [0.15, 0.2) is 0 Å². The highest BCUT2D eigenvalue weighted by Gasteiger charge is 2.66. The topological polar surface area (TPSA) is 57.6 Å². The molecule has 0 bridgehead atoms. The molecule has 1 aliphatic carbocycles. The molecule has 0 aromatic heterocycles. The number of carboxylic acids is 1. The Morgan fingerprint density at radius 1 is 1.16 bits per heavy atom. The standard InChI is InChI=1S/C15H25NO3/c1-9(2)10-5-7-16(8-6-10)13(17)11-12(14(18)19)15(11,3)4/h9-12H,5-8H2,1-4H3,(H,18,19). The average Bonchev–Trinajstić information content (AvgIpc) is 2.91. The molecule has 0 aromatic rings. The SMILES string of the molecule is CC(C)C1CCN(C(=O)C2C(C(=O)O)C2(C)C)CC1. The van der Waals surface area contributed by atoms with Gasteiger partial charge in [-0.2, -0.15) is 0 Å². The molecule has 2 fully saturated rings. The van der Waals surface area contributed by atoms with E-state index in [1.165, 1.54) is 0 Å². The van der Waals surface area contributed by atoms with Crippen LogP contribution in [0.25, 0.3) is 0 Å². The summed E-state index contributed by atoms with van der Waals surface area (Å²) in [5.41, 5.74) is -0.377. The van der Waals surface area contributed by atoms with Crippen molar-refractivity contribution in [2.24, 2.45) is 29.1 Å². The molecule has 4 heteroatoms. The highest BCUT2D eigenvalue weighted by Crippen LogP contribution is 2.59. The van der Waals surface area contributed by atoms with E-state index in [1.54, 1.807) is 0 Å². The van der Waals surface area contributed by atoms with E-state index in [9.17, 15) is 9.59 Å².